The molecule has 1 aliphatic rings. The van der Waals surface area contributed by atoms with Gasteiger partial charge in [0, 0.05) is 12.1 Å². The summed E-state index contributed by atoms with van der Waals surface area (Å²) in [5, 5.41) is 0. The van der Waals surface area contributed by atoms with Crippen LogP contribution in [-0.4, -0.2) is 36.9 Å². The van der Waals surface area contributed by atoms with Crippen molar-refractivity contribution >= 4 is 5.78 Å². The predicted octanol–water partition coefficient (Wildman–Crippen LogP) is 4.54. The Hall–Kier alpha value is -2.13. The van der Waals surface area contributed by atoms with Crippen LogP contribution in [0.3, 0.4) is 0 Å². The van der Waals surface area contributed by atoms with Gasteiger partial charge in [0.05, 0.1) is 12.5 Å². The fraction of sp³-hybridized carbons (Fsp3) is 0.409. The topological polar surface area (TPSA) is 29.5 Å². The normalized spacial score (nSPS) is 15.9. The maximum Gasteiger partial charge on any atom is 0.171 e. The average molecular weight is 337 g/mol. The van der Waals surface area contributed by atoms with Gasteiger partial charge in [-0.3, -0.25) is 4.79 Å². The van der Waals surface area contributed by atoms with Gasteiger partial charge in [0.1, 0.15) is 5.75 Å². The molecule has 3 nitrogen and oxygen atoms in total. The number of ketones is 1. The number of rotatable bonds is 8. The molecular formula is C22H27NO2. The van der Waals surface area contributed by atoms with Crippen molar-refractivity contribution in [2.75, 3.05) is 26.2 Å². The van der Waals surface area contributed by atoms with Crippen LogP contribution in [0.2, 0.25) is 0 Å². The highest BCUT2D eigenvalue weighted by Crippen LogP contribution is 2.25. The van der Waals surface area contributed by atoms with Crippen LogP contribution in [0.15, 0.2) is 54.6 Å². The molecule has 132 valence electrons. The number of benzene rings is 2. The average Bonchev–Trinajstić information content (AvgIpc) is 3.18. The van der Waals surface area contributed by atoms with E-state index in [9.17, 15) is 4.79 Å². The number of Topliss-reactive ketones (excluding diaryl/α,β-unsaturated/α-hetero) is 1. The van der Waals surface area contributed by atoms with Crippen LogP contribution < -0.4 is 4.74 Å². The van der Waals surface area contributed by atoms with Gasteiger partial charge in [-0.1, -0.05) is 37.3 Å². The Morgan fingerprint density at radius 2 is 1.72 bits per heavy atom. The Labute approximate surface area is 150 Å². The molecule has 2 aromatic carbocycles. The Bertz CT molecular complexity index is 660. The minimum absolute atomic E-state index is 0.110. The monoisotopic (exact) mass is 337 g/mol. The molecule has 2 aromatic rings. The lowest BCUT2D eigenvalue weighted by atomic mass is 9.90. The lowest BCUT2D eigenvalue weighted by Crippen LogP contribution is -2.30. The fourth-order valence-electron chi connectivity index (χ4n) is 3.38. The summed E-state index contributed by atoms with van der Waals surface area (Å²) in [6.45, 7) is 5.79. The molecule has 0 amide bonds. The third kappa shape index (κ3) is 4.70. The van der Waals surface area contributed by atoms with Crippen molar-refractivity contribution in [3.8, 4) is 5.75 Å². The number of hydrogen-bond acceptors (Lipinski definition) is 3. The van der Waals surface area contributed by atoms with E-state index in [4.69, 9.17) is 4.74 Å². The maximum atomic E-state index is 13.2. The number of ether oxygens (including phenoxy) is 1. The highest BCUT2D eigenvalue weighted by Gasteiger charge is 2.26. The number of carbonyl (C=O) groups is 1. The second-order valence-corrected chi connectivity index (χ2v) is 6.71. The van der Waals surface area contributed by atoms with Gasteiger partial charge in [-0.25, -0.2) is 0 Å². The second-order valence-electron chi connectivity index (χ2n) is 6.71. The zero-order valence-corrected chi connectivity index (χ0v) is 15.0. The first-order valence-electron chi connectivity index (χ1n) is 9.32. The first-order valence-corrected chi connectivity index (χ1v) is 9.32. The summed E-state index contributed by atoms with van der Waals surface area (Å²) in [6.07, 6.45) is 3.45. The molecule has 0 saturated carbocycles. The molecule has 0 bridgehead atoms. The van der Waals surface area contributed by atoms with Gasteiger partial charge < -0.3 is 9.64 Å². The number of likely N-dealkylation sites (tertiary alicyclic amines) is 1. The van der Waals surface area contributed by atoms with Gasteiger partial charge >= 0.3 is 0 Å². The molecule has 1 atom stereocenters. The minimum atomic E-state index is -0.110. The van der Waals surface area contributed by atoms with Crippen molar-refractivity contribution in [1.82, 2.24) is 4.90 Å². The molecule has 3 rings (SSSR count). The largest absolute Gasteiger partial charge is 0.494 e. The van der Waals surface area contributed by atoms with Crippen LogP contribution in [-0.2, 0) is 0 Å². The van der Waals surface area contributed by atoms with E-state index < -0.39 is 0 Å². The Morgan fingerprint density at radius 1 is 1.04 bits per heavy atom. The number of nitrogens with zero attached hydrogens (tertiary/aromatic N) is 1. The molecular weight excluding hydrogens is 310 g/mol. The molecule has 1 aliphatic heterocycles. The van der Waals surface area contributed by atoms with Crippen LogP contribution in [0.25, 0.3) is 0 Å². The van der Waals surface area contributed by atoms with Gasteiger partial charge in [0.2, 0.25) is 0 Å². The molecule has 0 unspecified atom stereocenters. The zero-order valence-electron chi connectivity index (χ0n) is 15.0. The van der Waals surface area contributed by atoms with Crippen LogP contribution in [0, 0.1) is 0 Å². The van der Waals surface area contributed by atoms with Crippen LogP contribution in [0.4, 0.5) is 0 Å². The predicted molar refractivity (Wildman–Crippen MR) is 101 cm³/mol. The lowest BCUT2D eigenvalue weighted by molar-refractivity contribution is 0.0939. The number of carbonyl (C=O) groups excluding carboxylic acids is 1. The highest BCUT2D eigenvalue weighted by molar-refractivity contribution is 6.01. The van der Waals surface area contributed by atoms with Crippen LogP contribution in [0.1, 0.15) is 48.0 Å². The quantitative estimate of drug-likeness (QED) is 0.663. The molecule has 3 heteroatoms. The van der Waals surface area contributed by atoms with Gasteiger partial charge in [-0.15, -0.1) is 0 Å². The summed E-state index contributed by atoms with van der Waals surface area (Å²) in [6, 6.07) is 17.8. The van der Waals surface area contributed by atoms with E-state index in [1.165, 1.54) is 12.8 Å². The summed E-state index contributed by atoms with van der Waals surface area (Å²) in [5.41, 5.74) is 1.86. The minimum Gasteiger partial charge on any atom is -0.494 e. The molecule has 1 heterocycles. The molecule has 0 radical (unpaired) electrons. The second kappa shape index (κ2) is 8.82. The van der Waals surface area contributed by atoms with Crippen molar-refractivity contribution in [3.63, 3.8) is 0 Å². The van der Waals surface area contributed by atoms with Gasteiger partial charge in [-0.2, -0.15) is 0 Å². The molecule has 0 spiro atoms. The molecule has 1 saturated heterocycles. The van der Waals surface area contributed by atoms with Gasteiger partial charge in [0.25, 0.3) is 0 Å². The third-order valence-corrected chi connectivity index (χ3v) is 4.77. The Kier molecular flexibility index (Phi) is 6.24. The van der Waals surface area contributed by atoms with E-state index in [0.717, 1.165) is 42.9 Å². The summed E-state index contributed by atoms with van der Waals surface area (Å²) in [7, 11) is 0. The van der Waals surface area contributed by atoms with E-state index in [1.807, 2.05) is 42.5 Å². The maximum absolute atomic E-state index is 13.2. The zero-order chi connectivity index (χ0) is 17.5. The first-order chi connectivity index (χ1) is 12.3. The van der Waals surface area contributed by atoms with E-state index >= 15 is 0 Å². The summed E-state index contributed by atoms with van der Waals surface area (Å²) >= 11 is 0. The van der Waals surface area contributed by atoms with Crippen molar-refractivity contribution < 1.29 is 9.53 Å². The summed E-state index contributed by atoms with van der Waals surface area (Å²) < 4.78 is 5.62. The standard InChI is InChI=1S/C22H27NO2/c1-2-16-25-20-12-10-19(11-13-20)22(24)21(17-23-14-6-7-15-23)18-8-4-3-5-9-18/h3-5,8-13,21H,2,6-7,14-17H2,1H3/t21-/m0/s1. The third-order valence-electron chi connectivity index (χ3n) is 4.77. The fourth-order valence-corrected chi connectivity index (χ4v) is 3.38. The molecule has 0 aliphatic carbocycles. The van der Waals surface area contributed by atoms with Crippen molar-refractivity contribution in [3.05, 3.63) is 65.7 Å². The van der Waals surface area contributed by atoms with Gasteiger partial charge in [0.15, 0.2) is 5.78 Å². The SMILES string of the molecule is CCCOc1ccc(C(=O)[C@@H](CN2CCCC2)c2ccccc2)cc1. The number of hydrogen-bond donors (Lipinski definition) is 0. The van der Waals surface area contributed by atoms with E-state index in [0.29, 0.717) is 6.61 Å². The molecule has 25 heavy (non-hydrogen) atoms. The first kappa shape index (κ1) is 17.7. The van der Waals surface area contributed by atoms with E-state index in [1.54, 1.807) is 0 Å². The summed E-state index contributed by atoms with van der Waals surface area (Å²) in [4.78, 5) is 15.6. The van der Waals surface area contributed by atoms with Crippen molar-refractivity contribution in [2.45, 2.75) is 32.1 Å². The molecule has 0 N–H and O–H groups in total. The van der Waals surface area contributed by atoms with Crippen molar-refractivity contribution in [1.29, 1.82) is 0 Å². The lowest BCUT2D eigenvalue weighted by Gasteiger charge is -2.23. The van der Waals surface area contributed by atoms with E-state index in [2.05, 4.69) is 24.0 Å². The van der Waals surface area contributed by atoms with Crippen LogP contribution in [0.5, 0.6) is 5.75 Å². The van der Waals surface area contributed by atoms with E-state index in [-0.39, 0.29) is 11.7 Å². The highest BCUT2D eigenvalue weighted by atomic mass is 16.5. The van der Waals surface area contributed by atoms with Crippen LogP contribution >= 0.6 is 0 Å². The molecule has 0 aromatic heterocycles. The van der Waals surface area contributed by atoms with Gasteiger partial charge in [-0.05, 0) is 62.2 Å². The Balaban J connectivity index is 1.78. The summed E-state index contributed by atoms with van der Waals surface area (Å²) in [5.74, 6) is 0.913. The van der Waals surface area contributed by atoms with Crippen molar-refractivity contribution in [2.24, 2.45) is 0 Å². The Morgan fingerprint density at radius 3 is 2.36 bits per heavy atom. The molecule has 1 fully saturated rings. The smallest absolute Gasteiger partial charge is 0.171 e.